The Morgan fingerprint density at radius 1 is 1.21 bits per heavy atom. The summed E-state index contributed by atoms with van der Waals surface area (Å²) in [6, 6.07) is 7.14. The zero-order valence-electron chi connectivity index (χ0n) is 11.3. The smallest absolute Gasteiger partial charge is 0.175 e. The van der Waals surface area contributed by atoms with Crippen LogP contribution in [0.2, 0.25) is 0 Å². The summed E-state index contributed by atoms with van der Waals surface area (Å²) in [6.45, 7) is 4.03. The van der Waals surface area contributed by atoms with Gasteiger partial charge >= 0.3 is 0 Å². The summed E-state index contributed by atoms with van der Waals surface area (Å²) < 4.78 is 22.8. The van der Waals surface area contributed by atoms with Gasteiger partial charge in [-0.1, -0.05) is 0 Å². The second-order valence-corrected chi connectivity index (χ2v) is 7.97. The van der Waals surface area contributed by atoms with Gasteiger partial charge in [0.15, 0.2) is 9.84 Å². The second-order valence-electron chi connectivity index (χ2n) is 5.27. The van der Waals surface area contributed by atoms with E-state index in [1.807, 2.05) is 12.1 Å². The maximum atomic E-state index is 11.4. The summed E-state index contributed by atoms with van der Waals surface area (Å²) in [5.74, 6) is 0.591. The van der Waals surface area contributed by atoms with Crippen molar-refractivity contribution in [1.82, 2.24) is 0 Å². The number of anilines is 1. The van der Waals surface area contributed by atoms with Crippen LogP contribution in [0.25, 0.3) is 0 Å². The van der Waals surface area contributed by atoms with Crippen LogP contribution in [0.5, 0.6) is 0 Å². The highest BCUT2D eigenvalue weighted by Gasteiger charge is 2.22. The van der Waals surface area contributed by atoms with Gasteiger partial charge in [-0.25, -0.2) is 8.42 Å². The SMILES string of the molecule is CC(Cl)C1CCN(c2ccc(S(C)(=O)=O)cc2)CC1. The van der Waals surface area contributed by atoms with Crippen molar-refractivity contribution in [1.29, 1.82) is 0 Å². The predicted molar refractivity (Wildman–Crippen MR) is 79.8 cm³/mol. The summed E-state index contributed by atoms with van der Waals surface area (Å²) in [4.78, 5) is 2.67. The molecule has 0 N–H and O–H groups in total. The van der Waals surface area contributed by atoms with E-state index in [0.717, 1.165) is 31.6 Å². The molecule has 0 bridgehead atoms. The lowest BCUT2D eigenvalue weighted by Gasteiger charge is -2.34. The normalized spacial score (nSPS) is 19.4. The summed E-state index contributed by atoms with van der Waals surface area (Å²) in [5.41, 5.74) is 1.09. The maximum absolute atomic E-state index is 11.4. The molecule has 0 aromatic heterocycles. The molecule has 1 aromatic rings. The number of benzene rings is 1. The largest absolute Gasteiger partial charge is 0.372 e. The van der Waals surface area contributed by atoms with Crippen LogP contribution >= 0.6 is 11.6 Å². The Hall–Kier alpha value is -0.740. The molecule has 1 aliphatic heterocycles. The van der Waals surface area contributed by atoms with Crippen molar-refractivity contribution in [3.05, 3.63) is 24.3 Å². The first-order chi connectivity index (χ1) is 8.88. The van der Waals surface area contributed by atoms with Gasteiger partial charge in [-0.15, -0.1) is 11.6 Å². The molecule has 5 heteroatoms. The fourth-order valence-electron chi connectivity index (χ4n) is 2.52. The van der Waals surface area contributed by atoms with E-state index in [1.54, 1.807) is 12.1 Å². The van der Waals surface area contributed by atoms with Crippen LogP contribution in [0, 0.1) is 5.92 Å². The molecule has 3 nitrogen and oxygen atoms in total. The number of alkyl halides is 1. The number of nitrogens with zero attached hydrogens (tertiary/aromatic N) is 1. The molecule has 0 amide bonds. The number of sulfone groups is 1. The Kier molecular flexibility index (Phi) is 4.41. The Balaban J connectivity index is 2.04. The van der Waals surface area contributed by atoms with Crippen molar-refractivity contribution >= 4 is 27.1 Å². The van der Waals surface area contributed by atoms with Gasteiger partial charge in [0.05, 0.1) is 4.90 Å². The molecule has 1 heterocycles. The topological polar surface area (TPSA) is 37.4 Å². The van der Waals surface area contributed by atoms with Crippen LogP contribution in [-0.4, -0.2) is 33.1 Å². The van der Waals surface area contributed by atoms with Gasteiger partial charge in [-0.3, -0.25) is 0 Å². The first kappa shape index (κ1) is 14.7. The zero-order chi connectivity index (χ0) is 14.0. The minimum Gasteiger partial charge on any atom is -0.372 e. The highest BCUT2D eigenvalue weighted by Crippen LogP contribution is 2.27. The predicted octanol–water partition coefficient (Wildman–Crippen LogP) is 2.93. The third-order valence-corrected chi connectivity index (χ3v) is 5.30. The van der Waals surface area contributed by atoms with Crippen molar-refractivity contribution in [3.63, 3.8) is 0 Å². The fraction of sp³-hybridized carbons (Fsp3) is 0.571. The third kappa shape index (κ3) is 3.63. The van der Waals surface area contributed by atoms with Gasteiger partial charge in [-0.05, 0) is 49.9 Å². The first-order valence-corrected chi connectivity index (χ1v) is 8.90. The molecule has 2 rings (SSSR count). The van der Waals surface area contributed by atoms with E-state index in [2.05, 4.69) is 11.8 Å². The highest BCUT2D eigenvalue weighted by atomic mass is 35.5. The van der Waals surface area contributed by atoms with Crippen molar-refractivity contribution < 1.29 is 8.42 Å². The van der Waals surface area contributed by atoms with Crippen LogP contribution < -0.4 is 4.90 Å². The van der Waals surface area contributed by atoms with Crippen LogP contribution in [-0.2, 0) is 9.84 Å². The molecule has 1 fully saturated rings. The molecule has 106 valence electrons. The average Bonchev–Trinajstić information content (AvgIpc) is 2.38. The molecular weight excluding hydrogens is 282 g/mol. The first-order valence-electron chi connectivity index (χ1n) is 6.57. The van der Waals surface area contributed by atoms with E-state index in [4.69, 9.17) is 11.6 Å². The number of halogens is 1. The lowest BCUT2D eigenvalue weighted by Crippen LogP contribution is -2.35. The summed E-state index contributed by atoms with van der Waals surface area (Å²) in [7, 11) is -3.11. The number of hydrogen-bond acceptors (Lipinski definition) is 3. The lowest BCUT2D eigenvalue weighted by molar-refractivity contribution is 0.400. The van der Waals surface area contributed by atoms with E-state index >= 15 is 0 Å². The minimum absolute atomic E-state index is 0.231. The van der Waals surface area contributed by atoms with Crippen LogP contribution in [0.4, 0.5) is 5.69 Å². The van der Waals surface area contributed by atoms with Gasteiger partial charge < -0.3 is 4.90 Å². The van der Waals surface area contributed by atoms with Gasteiger partial charge in [0.2, 0.25) is 0 Å². The van der Waals surface area contributed by atoms with Gasteiger partial charge in [0, 0.05) is 30.4 Å². The maximum Gasteiger partial charge on any atom is 0.175 e. The number of piperidine rings is 1. The van der Waals surface area contributed by atoms with Gasteiger partial charge in [0.1, 0.15) is 0 Å². The standard InChI is InChI=1S/C14H20ClNO2S/c1-11(15)12-7-9-16(10-8-12)13-3-5-14(6-4-13)19(2,17)18/h3-6,11-12H,7-10H2,1-2H3. The molecular formula is C14H20ClNO2S. The van der Waals surface area contributed by atoms with Crippen LogP contribution in [0.3, 0.4) is 0 Å². The molecule has 1 atom stereocenters. The Morgan fingerprint density at radius 2 is 1.74 bits per heavy atom. The summed E-state index contributed by atoms with van der Waals surface area (Å²) >= 11 is 6.14. The van der Waals surface area contributed by atoms with Crippen molar-refractivity contribution in [2.45, 2.75) is 30.0 Å². The van der Waals surface area contributed by atoms with Crippen LogP contribution in [0.15, 0.2) is 29.2 Å². The van der Waals surface area contributed by atoms with Crippen molar-refractivity contribution in [2.75, 3.05) is 24.2 Å². The molecule has 1 saturated heterocycles. The third-order valence-electron chi connectivity index (χ3n) is 3.82. The fourth-order valence-corrected chi connectivity index (χ4v) is 3.40. The number of rotatable bonds is 3. The molecule has 19 heavy (non-hydrogen) atoms. The van der Waals surface area contributed by atoms with Crippen LogP contribution in [0.1, 0.15) is 19.8 Å². The Bertz CT molecular complexity index is 517. The van der Waals surface area contributed by atoms with E-state index in [1.165, 1.54) is 6.26 Å². The molecule has 0 saturated carbocycles. The van der Waals surface area contributed by atoms with E-state index < -0.39 is 9.84 Å². The summed E-state index contributed by atoms with van der Waals surface area (Å²) in [6.07, 6.45) is 3.42. The molecule has 0 spiro atoms. The van der Waals surface area contributed by atoms with Crippen molar-refractivity contribution in [3.8, 4) is 0 Å². The molecule has 1 aliphatic rings. The van der Waals surface area contributed by atoms with E-state index in [-0.39, 0.29) is 5.38 Å². The van der Waals surface area contributed by atoms with Crippen molar-refractivity contribution in [2.24, 2.45) is 5.92 Å². The molecule has 1 unspecified atom stereocenters. The quantitative estimate of drug-likeness (QED) is 0.806. The molecule has 0 aliphatic carbocycles. The highest BCUT2D eigenvalue weighted by molar-refractivity contribution is 7.90. The number of hydrogen-bond donors (Lipinski definition) is 0. The Morgan fingerprint density at radius 3 is 2.16 bits per heavy atom. The molecule has 0 radical (unpaired) electrons. The van der Waals surface area contributed by atoms with Gasteiger partial charge in [0.25, 0.3) is 0 Å². The second kappa shape index (κ2) is 5.71. The average molecular weight is 302 g/mol. The lowest BCUT2D eigenvalue weighted by atomic mass is 9.94. The monoisotopic (exact) mass is 301 g/mol. The Labute approximate surface area is 120 Å². The molecule has 1 aromatic carbocycles. The van der Waals surface area contributed by atoms with E-state index in [9.17, 15) is 8.42 Å². The minimum atomic E-state index is -3.11. The van der Waals surface area contributed by atoms with E-state index in [0.29, 0.717) is 10.8 Å². The zero-order valence-corrected chi connectivity index (χ0v) is 12.9. The summed E-state index contributed by atoms with van der Waals surface area (Å²) in [5, 5.41) is 0.231. The van der Waals surface area contributed by atoms with Gasteiger partial charge in [-0.2, -0.15) is 0 Å².